The van der Waals surface area contributed by atoms with Crippen LogP contribution in [0.4, 0.5) is 0 Å². The Hall–Kier alpha value is -2.62. The minimum absolute atomic E-state index is 0.0610. The highest BCUT2D eigenvalue weighted by Crippen LogP contribution is 2.16. The fraction of sp³-hybridized carbons (Fsp3) is 0.222. The lowest BCUT2D eigenvalue weighted by Crippen LogP contribution is -2.36. The average Bonchev–Trinajstić information content (AvgIpc) is 3.04. The number of rotatable bonds is 4. The Kier molecular flexibility index (Phi) is 3.92. The third-order valence-electron chi connectivity index (χ3n) is 3.61. The van der Waals surface area contributed by atoms with Gasteiger partial charge in [0, 0.05) is 11.4 Å². The summed E-state index contributed by atoms with van der Waals surface area (Å²) in [5, 5.41) is 1.03. The van der Waals surface area contributed by atoms with E-state index in [0.717, 1.165) is 16.7 Å². The van der Waals surface area contributed by atoms with Crippen molar-refractivity contribution < 1.29 is 9.21 Å². The van der Waals surface area contributed by atoms with Crippen LogP contribution in [-0.4, -0.2) is 21.8 Å². The minimum Gasteiger partial charge on any atom is -0.467 e. The Bertz CT molecular complexity index is 779. The molecule has 0 saturated heterocycles. The second-order valence-electron chi connectivity index (χ2n) is 5.50. The summed E-state index contributed by atoms with van der Waals surface area (Å²) in [6.07, 6.45) is 1.62. The average molecular weight is 294 g/mol. The molecule has 112 valence electrons. The molecule has 0 spiro atoms. The van der Waals surface area contributed by atoms with E-state index in [0.29, 0.717) is 12.2 Å². The van der Waals surface area contributed by atoms with Gasteiger partial charge < -0.3 is 9.32 Å². The number of carbonyl (C=O) groups is 1. The van der Waals surface area contributed by atoms with Crippen molar-refractivity contribution in [3.05, 3.63) is 66.2 Å². The first-order valence-corrected chi connectivity index (χ1v) is 7.34. The van der Waals surface area contributed by atoms with Crippen molar-refractivity contribution in [1.82, 2.24) is 9.88 Å². The summed E-state index contributed by atoms with van der Waals surface area (Å²) in [5.41, 5.74) is 1.29. The minimum atomic E-state index is -0.0860. The van der Waals surface area contributed by atoms with Crippen LogP contribution in [0.25, 0.3) is 10.9 Å². The maximum atomic E-state index is 12.8. The molecule has 4 nitrogen and oxygen atoms in total. The fourth-order valence-electron chi connectivity index (χ4n) is 2.39. The van der Waals surface area contributed by atoms with Gasteiger partial charge in [-0.15, -0.1) is 0 Å². The fourth-order valence-corrected chi connectivity index (χ4v) is 2.39. The van der Waals surface area contributed by atoms with E-state index >= 15 is 0 Å². The number of pyridine rings is 1. The molecule has 2 heterocycles. The molecule has 0 fully saturated rings. The molecule has 0 unspecified atom stereocenters. The highest BCUT2D eigenvalue weighted by Gasteiger charge is 2.21. The Morgan fingerprint density at radius 2 is 1.95 bits per heavy atom. The van der Waals surface area contributed by atoms with Crippen molar-refractivity contribution in [2.24, 2.45) is 0 Å². The van der Waals surface area contributed by atoms with Crippen LogP contribution in [-0.2, 0) is 6.54 Å². The van der Waals surface area contributed by atoms with Crippen LogP contribution in [0, 0.1) is 0 Å². The van der Waals surface area contributed by atoms with Crippen molar-refractivity contribution in [3.63, 3.8) is 0 Å². The van der Waals surface area contributed by atoms with E-state index in [1.807, 2.05) is 56.3 Å². The largest absolute Gasteiger partial charge is 0.467 e. The van der Waals surface area contributed by atoms with E-state index in [4.69, 9.17) is 4.42 Å². The van der Waals surface area contributed by atoms with E-state index in [-0.39, 0.29) is 11.9 Å². The summed E-state index contributed by atoms with van der Waals surface area (Å²) in [7, 11) is 0. The molecule has 0 atom stereocenters. The number of carbonyl (C=O) groups excluding carboxylic acids is 1. The summed E-state index contributed by atoms with van der Waals surface area (Å²) >= 11 is 0. The number of aromatic nitrogens is 1. The molecule has 0 aliphatic carbocycles. The molecule has 4 heteroatoms. The third-order valence-corrected chi connectivity index (χ3v) is 3.61. The van der Waals surface area contributed by atoms with Gasteiger partial charge in [0.25, 0.3) is 5.91 Å². The van der Waals surface area contributed by atoms with Gasteiger partial charge in [-0.25, -0.2) is 4.98 Å². The van der Waals surface area contributed by atoms with Crippen LogP contribution in [0.1, 0.15) is 30.1 Å². The van der Waals surface area contributed by atoms with Gasteiger partial charge in [-0.05, 0) is 38.1 Å². The van der Waals surface area contributed by atoms with Crippen molar-refractivity contribution in [2.75, 3.05) is 0 Å². The Labute approximate surface area is 129 Å². The lowest BCUT2D eigenvalue weighted by atomic mass is 10.2. The molecular weight excluding hydrogens is 276 g/mol. The predicted octanol–water partition coefficient (Wildman–Crippen LogP) is 3.88. The summed E-state index contributed by atoms with van der Waals surface area (Å²) in [6, 6.07) is 15.3. The maximum Gasteiger partial charge on any atom is 0.273 e. The number of benzene rings is 1. The molecule has 2 aromatic heterocycles. The lowest BCUT2D eigenvalue weighted by molar-refractivity contribution is 0.0670. The van der Waals surface area contributed by atoms with Crippen molar-refractivity contribution in [2.45, 2.75) is 26.4 Å². The molecule has 0 aliphatic rings. The zero-order chi connectivity index (χ0) is 15.5. The number of hydrogen-bond donors (Lipinski definition) is 0. The summed E-state index contributed by atoms with van der Waals surface area (Å²) in [4.78, 5) is 19.0. The number of hydrogen-bond acceptors (Lipinski definition) is 3. The monoisotopic (exact) mass is 294 g/mol. The second kappa shape index (κ2) is 6.02. The summed E-state index contributed by atoms with van der Waals surface area (Å²) in [5.74, 6) is 0.681. The number of fused-ring (bicyclic) bond motifs is 1. The number of amides is 1. The van der Waals surface area contributed by atoms with Gasteiger partial charge in [-0.3, -0.25) is 4.79 Å². The predicted molar refractivity (Wildman–Crippen MR) is 85.5 cm³/mol. The zero-order valence-electron chi connectivity index (χ0n) is 12.7. The zero-order valence-corrected chi connectivity index (χ0v) is 12.7. The van der Waals surface area contributed by atoms with Crippen LogP contribution in [0.3, 0.4) is 0 Å². The Morgan fingerprint density at radius 3 is 2.68 bits per heavy atom. The topological polar surface area (TPSA) is 46.3 Å². The van der Waals surface area contributed by atoms with Crippen LogP contribution in [0.2, 0.25) is 0 Å². The Morgan fingerprint density at radius 1 is 1.14 bits per heavy atom. The van der Waals surface area contributed by atoms with Gasteiger partial charge in [0.2, 0.25) is 0 Å². The van der Waals surface area contributed by atoms with Crippen LogP contribution in [0.5, 0.6) is 0 Å². The molecule has 3 rings (SSSR count). The Balaban J connectivity index is 1.91. The molecule has 0 radical (unpaired) electrons. The van der Waals surface area contributed by atoms with Crippen LogP contribution >= 0.6 is 0 Å². The first kappa shape index (κ1) is 14.3. The van der Waals surface area contributed by atoms with Gasteiger partial charge in [0.15, 0.2) is 0 Å². The first-order chi connectivity index (χ1) is 10.6. The number of furan rings is 1. The van der Waals surface area contributed by atoms with Gasteiger partial charge in [0.1, 0.15) is 11.5 Å². The molecule has 0 aliphatic heterocycles. The quantitative estimate of drug-likeness (QED) is 0.733. The first-order valence-electron chi connectivity index (χ1n) is 7.34. The maximum absolute atomic E-state index is 12.8. The standard InChI is InChI=1S/C18H18N2O2/c1-13(2)20(12-15-7-5-11-22-15)18(21)17-10-9-14-6-3-4-8-16(14)19-17/h3-11,13H,12H2,1-2H3. The van der Waals surface area contributed by atoms with Crippen molar-refractivity contribution in [3.8, 4) is 0 Å². The highest BCUT2D eigenvalue weighted by molar-refractivity contribution is 5.95. The molecule has 0 bridgehead atoms. The molecule has 1 aromatic carbocycles. The second-order valence-corrected chi connectivity index (χ2v) is 5.50. The van der Waals surface area contributed by atoms with E-state index in [9.17, 15) is 4.79 Å². The van der Waals surface area contributed by atoms with Gasteiger partial charge in [0.05, 0.1) is 18.3 Å². The smallest absolute Gasteiger partial charge is 0.273 e. The van der Waals surface area contributed by atoms with E-state index in [1.54, 1.807) is 17.2 Å². The summed E-state index contributed by atoms with van der Waals surface area (Å²) < 4.78 is 5.36. The van der Waals surface area contributed by atoms with Gasteiger partial charge in [-0.2, -0.15) is 0 Å². The third kappa shape index (κ3) is 2.86. The van der Waals surface area contributed by atoms with Crippen LogP contribution < -0.4 is 0 Å². The number of nitrogens with zero attached hydrogens (tertiary/aromatic N) is 2. The van der Waals surface area contributed by atoms with E-state index < -0.39 is 0 Å². The molecule has 0 N–H and O–H groups in total. The number of para-hydroxylation sites is 1. The van der Waals surface area contributed by atoms with E-state index in [2.05, 4.69) is 4.98 Å². The molecule has 0 saturated carbocycles. The van der Waals surface area contributed by atoms with Crippen molar-refractivity contribution >= 4 is 16.8 Å². The molecule has 1 amide bonds. The molecule has 22 heavy (non-hydrogen) atoms. The van der Waals surface area contributed by atoms with Gasteiger partial charge in [-0.1, -0.05) is 24.3 Å². The van der Waals surface area contributed by atoms with Crippen molar-refractivity contribution in [1.29, 1.82) is 0 Å². The van der Waals surface area contributed by atoms with E-state index in [1.165, 1.54) is 0 Å². The SMILES string of the molecule is CC(C)N(Cc1ccco1)C(=O)c1ccc2ccccc2n1. The van der Waals surface area contributed by atoms with Crippen LogP contribution in [0.15, 0.2) is 59.2 Å². The lowest BCUT2D eigenvalue weighted by Gasteiger charge is -2.25. The highest BCUT2D eigenvalue weighted by atomic mass is 16.3. The van der Waals surface area contributed by atoms with Gasteiger partial charge >= 0.3 is 0 Å². The molecule has 3 aromatic rings. The molecular formula is C18H18N2O2. The normalized spacial score (nSPS) is 11.0. The summed E-state index contributed by atoms with van der Waals surface area (Å²) in [6.45, 7) is 4.42.